The van der Waals surface area contributed by atoms with Crippen molar-refractivity contribution in [1.82, 2.24) is 10.0 Å². The molecule has 3 heterocycles. The van der Waals surface area contributed by atoms with Crippen LogP contribution in [0.1, 0.15) is 42.2 Å². The van der Waals surface area contributed by atoms with Crippen molar-refractivity contribution in [2.45, 2.75) is 37.5 Å². The molecule has 1 aromatic heterocycles. The summed E-state index contributed by atoms with van der Waals surface area (Å²) in [4.78, 5) is 23.6. The summed E-state index contributed by atoms with van der Waals surface area (Å²) in [7, 11) is 1.86. The molecular weight excluding hydrogens is 304 g/mol. The fourth-order valence-corrected chi connectivity index (χ4v) is 3.74. The first-order valence-corrected chi connectivity index (χ1v) is 8.09. The maximum absolute atomic E-state index is 13.3. The Morgan fingerprint density at radius 2 is 1.88 bits per heavy atom. The molecule has 4 rings (SSSR count). The summed E-state index contributed by atoms with van der Waals surface area (Å²) in [5, 5.41) is 1.77. The molecule has 1 aromatic carbocycles. The van der Waals surface area contributed by atoms with Crippen LogP contribution >= 0.6 is 0 Å². The van der Waals surface area contributed by atoms with Gasteiger partial charge < -0.3 is 4.74 Å². The number of hydroxylamine groups is 2. The molecule has 0 bridgehead atoms. The van der Waals surface area contributed by atoms with Crippen molar-refractivity contribution in [2.24, 2.45) is 0 Å². The highest BCUT2D eigenvalue weighted by Gasteiger charge is 2.63. The first kappa shape index (κ1) is 15.3. The van der Waals surface area contributed by atoms with Gasteiger partial charge in [0.2, 0.25) is 5.78 Å². The third-order valence-corrected chi connectivity index (χ3v) is 5.15. The van der Waals surface area contributed by atoms with E-state index in [4.69, 9.17) is 9.57 Å². The SMILES string of the molecule is CN1O[C@]2(C[C@H]1c1ccncc1)C(=O)c1ccccc1OC2(C)C. The van der Waals surface area contributed by atoms with Crippen LogP contribution in [0, 0.1) is 0 Å². The van der Waals surface area contributed by atoms with Gasteiger partial charge in [-0.15, -0.1) is 0 Å². The maximum atomic E-state index is 13.3. The van der Waals surface area contributed by atoms with Crippen molar-refractivity contribution >= 4 is 5.78 Å². The molecule has 2 aliphatic rings. The summed E-state index contributed by atoms with van der Waals surface area (Å²) in [6.07, 6.45) is 4.05. The average Bonchev–Trinajstić information content (AvgIpc) is 2.93. The predicted molar refractivity (Wildman–Crippen MR) is 88.7 cm³/mol. The number of fused-ring (bicyclic) bond motifs is 1. The summed E-state index contributed by atoms with van der Waals surface area (Å²) in [6, 6.07) is 11.3. The molecule has 2 aliphatic heterocycles. The highest BCUT2D eigenvalue weighted by atomic mass is 16.7. The van der Waals surface area contributed by atoms with Crippen LogP contribution in [-0.2, 0) is 4.84 Å². The molecule has 1 saturated heterocycles. The summed E-state index contributed by atoms with van der Waals surface area (Å²) >= 11 is 0. The molecule has 2 aromatic rings. The van der Waals surface area contributed by atoms with Crippen molar-refractivity contribution in [1.29, 1.82) is 0 Å². The van der Waals surface area contributed by atoms with Gasteiger partial charge in [0.05, 0.1) is 11.6 Å². The Morgan fingerprint density at radius 1 is 1.17 bits per heavy atom. The van der Waals surface area contributed by atoms with E-state index in [1.807, 2.05) is 51.2 Å². The monoisotopic (exact) mass is 324 g/mol. The number of pyridine rings is 1. The fourth-order valence-electron chi connectivity index (χ4n) is 3.74. The number of Topliss-reactive ketones (excluding diaryl/α,β-unsaturated/α-hetero) is 1. The number of nitrogens with zero attached hydrogens (tertiary/aromatic N) is 2. The van der Waals surface area contributed by atoms with Gasteiger partial charge in [-0.2, -0.15) is 5.06 Å². The van der Waals surface area contributed by atoms with E-state index in [9.17, 15) is 4.79 Å². The van der Waals surface area contributed by atoms with Gasteiger partial charge in [-0.1, -0.05) is 12.1 Å². The van der Waals surface area contributed by atoms with E-state index in [0.717, 1.165) is 5.56 Å². The van der Waals surface area contributed by atoms with Crippen molar-refractivity contribution in [2.75, 3.05) is 7.05 Å². The van der Waals surface area contributed by atoms with E-state index in [1.165, 1.54) is 0 Å². The van der Waals surface area contributed by atoms with Crippen LogP contribution < -0.4 is 4.74 Å². The number of ether oxygens (including phenoxy) is 1. The lowest BCUT2D eigenvalue weighted by molar-refractivity contribution is -0.220. The minimum absolute atomic E-state index is 0.0160. The zero-order chi connectivity index (χ0) is 16.9. The third-order valence-electron chi connectivity index (χ3n) is 5.15. The Bertz CT molecular complexity index is 790. The van der Waals surface area contributed by atoms with Gasteiger partial charge in [0.25, 0.3) is 0 Å². The lowest BCUT2D eigenvalue weighted by atomic mass is 9.73. The molecule has 0 saturated carbocycles. The van der Waals surface area contributed by atoms with Gasteiger partial charge in [0.1, 0.15) is 11.4 Å². The minimum Gasteiger partial charge on any atom is -0.483 e. The van der Waals surface area contributed by atoms with E-state index in [1.54, 1.807) is 23.5 Å². The topological polar surface area (TPSA) is 51.7 Å². The molecular formula is C19H20N2O3. The van der Waals surface area contributed by atoms with Crippen LogP contribution in [0.4, 0.5) is 0 Å². The van der Waals surface area contributed by atoms with Crippen LogP contribution in [0.2, 0.25) is 0 Å². The zero-order valence-electron chi connectivity index (χ0n) is 14.0. The first-order chi connectivity index (χ1) is 11.4. The van der Waals surface area contributed by atoms with Gasteiger partial charge >= 0.3 is 0 Å². The van der Waals surface area contributed by atoms with Gasteiger partial charge in [-0.05, 0) is 43.7 Å². The number of rotatable bonds is 1. The normalized spacial score (nSPS) is 28.6. The lowest BCUT2D eigenvalue weighted by Gasteiger charge is -2.45. The van der Waals surface area contributed by atoms with E-state index < -0.39 is 11.2 Å². The Hall–Kier alpha value is -2.24. The minimum atomic E-state index is -1.04. The predicted octanol–water partition coefficient (Wildman–Crippen LogP) is 3.18. The Balaban J connectivity index is 1.79. The van der Waals surface area contributed by atoms with Crippen LogP contribution in [0.15, 0.2) is 48.8 Å². The second kappa shape index (κ2) is 5.13. The highest BCUT2D eigenvalue weighted by Crippen LogP contribution is 2.51. The van der Waals surface area contributed by atoms with Crippen molar-refractivity contribution in [3.05, 3.63) is 59.9 Å². The van der Waals surface area contributed by atoms with Gasteiger partial charge in [-0.3, -0.25) is 14.6 Å². The molecule has 2 atom stereocenters. The number of carbonyl (C=O) groups excluding carboxylic acids is 1. The molecule has 5 heteroatoms. The summed E-state index contributed by atoms with van der Waals surface area (Å²) < 4.78 is 6.18. The van der Waals surface area contributed by atoms with Crippen molar-refractivity contribution in [3.63, 3.8) is 0 Å². The standard InChI is InChI=1S/C19H20N2O3/c1-18(2)19(17(22)14-6-4-5-7-16(14)23-18)12-15(21(3)24-19)13-8-10-20-11-9-13/h4-11,15H,12H2,1-3H3/t15-,19+/m0/s1. The number of aromatic nitrogens is 1. The molecule has 1 spiro atoms. The molecule has 124 valence electrons. The zero-order valence-corrected chi connectivity index (χ0v) is 14.0. The lowest BCUT2D eigenvalue weighted by Crippen LogP contribution is -2.61. The highest BCUT2D eigenvalue weighted by molar-refractivity contribution is 6.06. The Morgan fingerprint density at radius 3 is 2.62 bits per heavy atom. The maximum Gasteiger partial charge on any atom is 0.204 e. The Labute approximate surface area is 141 Å². The van der Waals surface area contributed by atoms with Gasteiger partial charge in [0.15, 0.2) is 5.60 Å². The quantitative estimate of drug-likeness (QED) is 0.806. The third kappa shape index (κ3) is 2.01. The molecule has 24 heavy (non-hydrogen) atoms. The molecule has 0 N–H and O–H groups in total. The molecule has 1 fully saturated rings. The van der Waals surface area contributed by atoms with Crippen molar-refractivity contribution < 1.29 is 14.4 Å². The molecule has 0 unspecified atom stereocenters. The largest absolute Gasteiger partial charge is 0.483 e. The number of hydrogen-bond donors (Lipinski definition) is 0. The smallest absolute Gasteiger partial charge is 0.204 e. The van der Waals surface area contributed by atoms with Crippen LogP contribution in [-0.4, -0.2) is 34.1 Å². The molecule has 0 aliphatic carbocycles. The first-order valence-electron chi connectivity index (χ1n) is 8.09. The van der Waals surface area contributed by atoms with Crippen LogP contribution in [0.3, 0.4) is 0 Å². The van der Waals surface area contributed by atoms with Gasteiger partial charge in [0, 0.05) is 25.9 Å². The number of benzene rings is 1. The van der Waals surface area contributed by atoms with E-state index in [2.05, 4.69) is 4.98 Å². The molecule has 0 amide bonds. The van der Waals surface area contributed by atoms with Crippen LogP contribution in [0.5, 0.6) is 5.75 Å². The average molecular weight is 324 g/mol. The van der Waals surface area contributed by atoms with E-state index in [-0.39, 0.29) is 11.8 Å². The number of carbonyl (C=O) groups is 1. The summed E-state index contributed by atoms with van der Waals surface area (Å²) in [5.74, 6) is 0.606. The van der Waals surface area contributed by atoms with E-state index in [0.29, 0.717) is 17.7 Å². The number of ketones is 1. The fraction of sp³-hybridized carbons (Fsp3) is 0.368. The second-order valence-corrected chi connectivity index (χ2v) is 6.90. The summed E-state index contributed by atoms with van der Waals surface area (Å²) in [6.45, 7) is 3.84. The van der Waals surface area contributed by atoms with Crippen molar-refractivity contribution in [3.8, 4) is 5.75 Å². The number of hydrogen-bond acceptors (Lipinski definition) is 5. The van der Waals surface area contributed by atoms with Gasteiger partial charge in [-0.25, -0.2) is 0 Å². The van der Waals surface area contributed by atoms with Crippen LogP contribution in [0.25, 0.3) is 0 Å². The Kier molecular flexibility index (Phi) is 3.27. The molecule has 5 nitrogen and oxygen atoms in total. The molecule has 0 radical (unpaired) electrons. The number of para-hydroxylation sites is 1. The second-order valence-electron chi connectivity index (χ2n) is 6.90. The summed E-state index contributed by atoms with van der Waals surface area (Å²) in [5.41, 5.74) is -0.147. The van der Waals surface area contributed by atoms with E-state index >= 15 is 0 Å².